The lowest BCUT2D eigenvalue weighted by Gasteiger charge is -2.16. The van der Waals surface area contributed by atoms with Crippen molar-refractivity contribution in [3.8, 4) is 0 Å². The lowest BCUT2D eigenvalue weighted by molar-refractivity contribution is -0.156. The molecule has 0 bridgehead atoms. The molecule has 0 radical (unpaired) electrons. The number of hydrogen-bond acceptors (Lipinski definition) is 4. The van der Waals surface area contributed by atoms with Crippen molar-refractivity contribution in [2.24, 2.45) is 5.10 Å². The molecule has 1 amide bonds. The molecule has 0 fully saturated rings. The summed E-state index contributed by atoms with van der Waals surface area (Å²) < 4.78 is 0. The first-order chi connectivity index (χ1) is 7.43. The summed E-state index contributed by atoms with van der Waals surface area (Å²) in [6.07, 6.45) is 0. The zero-order valence-corrected chi connectivity index (χ0v) is 9.01. The Hall–Kier alpha value is -1.72. The van der Waals surface area contributed by atoms with Gasteiger partial charge in [-0.1, -0.05) is 17.7 Å². The summed E-state index contributed by atoms with van der Waals surface area (Å²) in [7, 11) is 0. The molecule has 1 aromatic carbocycles. The highest BCUT2D eigenvalue weighted by Crippen LogP contribution is 2.24. The molecular weight excluding hydrogens is 208 g/mol. The van der Waals surface area contributed by atoms with Gasteiger partial charge in [0.2, 0.25) is 0 Å². The average Bonchev–Trinajstić information content (AvgIpc) is 2.44. The van der Waals surface area contributed by atoms with E-state index in [1.165, 1.54) is 6.92 Å². The van der Waals surface area contributed by atoms with Crippen LogP contribution < -0.4 is 5.01 Å². The Balaban J connectivity index is 2.38. The summed E-state index contributed by atoms with van der Waals surface area (Å²) in [5.41, 5.74) is 1.54. The number of carbonyl (C=O) groups is 1. The van der Waals surface area contributed by atoms with Crippen LogP contribution in [0.15, 0.2) is 29.4 Å². The van der Waals surface area contributed by atoms with E-state index in [0.29, 0.717) is 5.69 Å². The van der Waals surface area contributed by atoms with E-state index in [2.05, 4.69) is 5.10 Å². The topological polar surface area (TPSA) is 73.1 Å². The van der Waals surface area contributed by atoms with Gasteiger partial charge in [-0.3, -0.25) is 4.79 Å². The molecule has 0 unspecified atom stereocenters. The van der Waals surface area contributed by atoms with Gasteiger partial charge in [0.15, 0.2) is 0 Å². The summed E-state index contributed by atoms with van der Waals surface area (Å²) >= 11 is 0. The van der Waals surface area contributed by atoms with E-state index < -0.39 is 11.7 Å². The van der Waals surface area contributed by atoms with Crippen LogP contribution in [0.3, 0.4) is 0 Å². The number of hydrogen-bond donors (Lipinski definition) is 2. The summed E-state index contributed by atoms with van der Waals surface area (Å²) in [5, 5.41) is 23.7. The van der Waals surface area contributed by atoms with E-state index in [1.807, 2.05) is 19.1 Å². The second-order valence-electron chi connectivity index (χ2n) is 3.81. The molecule has 0 aromatic heterocycles. The molecule has 5 nitrogen and oxygen atoms in total. The van der Waals surface area contributed by atoms with Crippen LogP contribution in [0, 0.1) is 6.92 Å². The number of nitrogens with zero attached hydrogens (tertiary/aromatic N) is 2. The minimum absolute atomic E-state index is 0.0296. The Morgan fingerprint density at radius 3 is 2.19 bits per heavy atom. The van der Waals surface area contributed by atoms with E-state index in [0.717, 1.165) is 10.6 Å². The van der Waals surface area contributed by atoms with Gasteiger partial charge in [0.25, 0.3) is 5.79 Å². The Kier molecular flexibility index (Phi) is 2.29. The fourth-order valence-electron chi connectivity index (χ4n) is 1.43. The highest BCUT2D eigenvalue weighted by atomic mass is 16.5. The number of carbonyl (C=O) groups excluding carboxylic acids is 1. The predicted octanol–water partition coefficient (Wildman–Crippen LogP) is 0.398. The number of aliphatic hydroxyl groups is 2. The standard InChI is InChI=1S/C11H12N2O3/c1-7-3-5-9(6-4-7)13-10(14)11(15,16)8(2)12-13/h3-6,15-16H,1-2H3. The van der Waals surface area contributed by atoms with Gasteiger partial charge in [-0.15, -0.1) is 0 Å². The van der Waals surface area contributed by atoms with Gasteiger partial charge in [-0.25, -0.2) is 0 Å². The predicted molar refractivity (Wildman–Crippen MR) is 58.9 cm³/mol. The highest BCUT2D eigenvalue weighted by molar-refractivity contribution is 6.19. The lowest BCUT2D eigenvalue weighted by atomic mass is 10.2. The third-order valence-electron chi connectivity index (χ3n) is 2.52. The first kappa shape index (κ1) is 10.8. The van der Waals surface area contributed by atoms with Crippen molar-refractivity contribution in [3.05, 3.63) is 29.8 Å². The average molecular weight is 220 g/mol. The fourth-order valence-corrected chi connectivity index (χ4v) is 1.43. The van der Waals surface area contributed by atoms with E-state index in [9.17, 15) is 15.0 Å². The quantitative estimate of drug-likeness (QED) is 0.673. The number of amides is 1. The molecule has 0 spiro atoms. The SMILES string of the molecule is CC1=NN(c2ccc(C)cc2)C(=O)C1(O)O. The molecule has 2 rings (SSSR count). The Bertz CT molecular complexity index is 463. The molecular formula is C11H12N2O3. The van der Waals surface area contributed by atoms with Crippen LogP contribution in [0.4, 0.5) is 5.69 Å². The van der Waals surface area contributed by atoms with Crippen LogP contribution in [0.25, 0.3) is 0 Å². The molecule has 0 saturated heterocycles. The summed E-state index contributed by atoms with van der Waals surface area (Å²) in [6.45, 7) is 3.32. The van der Waals surface area contributed by atoms with E-state index in [4.69, 9.17) is 0 Å². The summed E-state index contributed by atoms with van der Waals surface area (Å²) in [5.74, 6) is -3.33. The monoisotopic (exact) mass is 220 g/mol. The van der Waals surface area contributed by atoms with Crippen LogP contribution in [0.5, 0.6) is 0 Å². The van der Waals surface area contributed by atoms with Crippen LogP contribution in [-0.4, -0.2) is 27.6 Å². The lowest BCUT2D eigenvalue weighted by Crippen LogP contribution is -2.45. The third kappa shape index (κ3) is 1.50. The van der Waals surface area contributed by atoms with Crippen molar-refractivity contribution in [3.63, 3.8) is 0 Å². The minimum Gasteiger partial charge on any atom is -0.354 e. The van der Waals surface area contributed by atoms with Gasteiger partial charge in [0.1, 0.15) is 5.71 Å². The number of benzene rings is 1. The molecule has 1 aromatic rings. The van der Waals surface area contributed by atoms with Gasteiger partial charge >= 0.3 is 5.91 Å². The van der Waals surface area contributed by atoms with E-state index in [-0.39, 0.29) is 5.71 Å². The first-order valence-electron chi connectivity index (χ1n) is 4.84. The molecule has 1 aliphatic rings. The fraction of sp³-hybridized carbons (Fsp3) is 0.273. The van der Waals surface area contributed by atoms with Crippen molar-refractivity contribution in [2.75, 3.05) is 5.01 Å². The van der Waals surface area contributed by atoms with E-state index in [1.54, 1.807) is 12.1 Å². The zero-order valence-electron chi connectivity index (χ0n) is 9.01. The molecule has 5 heteroatoms. The second-order valence-corrected chi connectivity index (χ2v) is 3.81. The first-order valence-corrected chi connectivity index (χ1v) is 4.84. The second kappa shape index (κ2) is 3.40. The highest BCUT2D eigenvalue weighted by Gasteiger charge is 2.46. The van der Waals surface area contributed by atoms with Gasteiger partial charge in [0, 0.05) is 0 Å². The number of aryl methyl sites for hydroxylation is 1. The number of anilines is 1. The largest absolute Gasteiger partial charge is 0.354 e. The maximum absolute atomic E-state index is 11.6. The minimum atomic E-state index is -2.48. The molecule has 0 aliphatic carbocycles. The van der Waals surface area contributed by atoms with Gasteiger partial charge in [0.05, 0.1) is 5.69 Å². The van der Waals surface area contributed by atoms with Gasteiger partial charge < -0.3 is 10.2 Å². The maximum atomic E-state index is 11.6. The van der Waals surface area contributed by atoms with Crippen LogP contribution >= 0.6 is 0 Å². The Morgan fingerprint density at radius 1 is 1.19 bits per heavy atom. The number of rotatable bonds is 1. The van der Waals surface area contributed by atoms with Crippen LogP contribution in [0.2, 0.25) is 0 Å². The van der Waals surface area contributed by atoms with Crippen molar-refractivity contribution >= 4 is 17.3 Å². The van der Waals surface area contributed by atoms with Crippen LogP contribution in [0.1, 0.15) is 12.5 Å². The molecule has 1 heterocycles. The smallest absolute Gasteiger partial charge is 0.313 e. The molecule has 84 valence electrons. The van der Waals surface area contributed by atoms with Gasteiger partial charge in [-0.05, 0) is 26.0 Å². The Morgan fingerprint density at radius 2 is 1.75 bits per heavy atom. The van der Waals surface area contributed by atoms with Gasteiger partial charge in [-0.2, -0.15) is 10.1 Å². The van der Waals surface area contributed by atoms with Crippen molar-refractivity contribution in [1.82, 2.24) is 0 Å². The van der Waals surface area contributed by atoms with Crippen molar-refractivity contribution in [2.45, 2.75) is 19.6 Å². The van der Waals surface area contributed by atoms with E-state index >= 15 is 0 Å². The molecule has 1 aliphatic heterocycles. The zero-order chi connectivity index (χ0) is 11.9. The van der Waals surface area contributed by atoms with Crippen molar-refractivity contribution in [1.29, 1.82) is 0 Å². The van der Waals surface area contributed by atoms with Crippen LogP contribution in [-0.2, 0) is 4.79 Å². The number of hydrazone groups is 1. The molecule has 2 N–H and O–H groups in total. The molecule has 0 saturated carbocycles. The normalized spacial score (nSPS) is 18.9. The molecule has 0 atom stereocenters. The third-order valence-corrected chi connectivity index (χ3v) is 2.52. The molecule has 16 heavy (non-hydrogen) atoms. The maximum Gasteiger partial charge on any atom is 0.313 e. The Labute approximate surface area is 92.6 Å². The summed E-state index contributed by atoms with van der Waals surface area (Å²) in [4.78, 5) is 11.6. The van der Waals surface area contributed by atoms with Crippen molar-refractivity contribution < 1.29 is 15.0 Å². The summed E-state index contributed by atoms with van der Waals surface area (Å²) in [6, 6.07) is 7.04.